The third-order valence-electron chi connectivity index (χ3n) is 5.80. The van der Waals surface area contributed by atoms with E-state index in [-0.39, 0.29) is 34.2 Å². The number of phenolic OH excluding ortho intramolecular Hbond substituents is 2. The third-order valence-corrected chi connectivity index (χ3v) is 5.80. The maximum absolute atomic E-state index is 9.81. The Bertz CT molecular complexity index is 888. The molecule has 0 heterocycles. The summed E-state index contributed by atoms with van der Waals surface area (Å²) in [6, 6.07) is 24.0. The first-order valence-electron chi connectivity index (χ1n) is 10.6. The summed E-state index contributed by atoms with van der Waals surface area (Å²) in [6.07, 6.45) is 0. The highest BCUT2D eigenvalue weighted by Gasteiger charge is 2.35. The van der Waals surface area contributed by atoms with Crippen molar-refractivity contribution in [1.82, 2.24) is 0 Å². The van der Waals surface area contributed by atoms with Crippen molar-refractivity contribution in [3.63, 3.8) is 0 Å². The van der Waals surface area contributed by atoms with Gasteiger partial charge < -0.3 is 10.2 Å². The number of benzene rings is 3. The van der Waals surface area contributed by atoms with Crippen LogP contribution in [0.1, 0.15) is 75.6 Å². The molecule has 0 spiro atoms. The fourth-order valence-electron chi connectivity index (χ4n) is 4.66. The zero-order valence-electron chi connectivity index (χ0n) is 19.0. The Morgan fingerprint density at radius 1 is 0.500 bits per heavy atom. The van der Waals surface area contributed by atoms with Gasteiger partial charge in [0.05, 0.1) is 0 Å². The number of rotatable bonds is 4. The number of aromatic hydroxyl groups is 2. The van der Waals surface area contributed by atoms with Crippen molar-refractivity contribution in [3.05, 3.63) is 95.1 Å². The van der Waals surface area contributed by atoms with Gasteiger partial charge in [0, 0.05) is 11.8 Å². The smallest absolute Gasteiger partial charge is 0.115 e. The van der Waals surface area contributed by atoms with Gasteiger partial charge in [-0.2, -0.15) is 0 Å². The Hall–Kier alpha value is -2.74. The second-order valence-corrected chi connectivity index (χ2v) is 10.4. The predicted octanol–water partition coefficient (Wildman–Crippen LogP) is 7.45. The minimum absolute atomic E-state index is 0.00946. The first-order chi connectivity index (χ1) is 14.0. The van der Waals surface area contributed by atoms with Crippen molar-refractivity contribution in [2.45, 2.75) is 53.4 Å². The maximum Gasteiger partial charge on any atom is 0.115 e. The molecule has 2 atom stereocenters. The second kappa shape index (κ2) is 8.18. The highest BCUT2D eigenvalue weighted by molar-refractivity contribution is 5.47. The maximum atomic E-state index is 9.81. The van der Waals surface area contributed by atoms with Crippen LogP contribution in [0.3, 0.4) is 0 Å². The lowest BCUT2D eigenvalue weighted by atomic mass is 9.66. The fraction of sp³-hybridized carbons (Fsp3) is 0.357. The summed E-state index contributed by atoms with van der Waals surface area (Å²) < 4.78 is 0. The Morgan fingerprint density at radius 2 is 0.800 bits per heavy atom. The van der Waals surface area contributed by atoms with Crippen molar-refractivity contribution >= 4 is 0 Å². The lowest BCUT2D eigenvalue weighted by molar-refractivity contribution is 0.336. The van der Waals surface area contributed by atoms with E-state index >= 15 is 0 Å². The number of phenols is 2. The zero-order chi connectivity index (χ0) is 22.1. The van der Waals surface area contributed by atoms with Gasteiger partial charge >= 0.3 is 0 Å². The standard InChI is InChI=1S/C28H34O2/c1-27(2,3)25(19-11-15-21(29)16-12-19)23-9-7-8-10-24(23)26(28(4,5)6)20-13-17-22(30)18-14-20/h7-18,25-26,29-30H,1-6H3. The van der Waals surface area contributed by atoms with Gasteiger partial charge in [-0.25, -0.2) is 0 Å². The summed E-state index contributed by atoms with van der Waals surface area (Å²) in [7, 11) is 0. The Labute approximate surface area is 181 Å². The number of hydrogen-bond donors (Lipinski definition) is 2. The van der Waals surface area contributed by atoms with Crippen LogP contribution in [0.25, 0.3) is 0 Å². The summed E-state index contributed by atoms with van der Waals surface area (Å²) in [5.74, 6) is 0.931. The van der Waals surface area contributed by atoms with Crippen LogP contribution < -0.4 is 0 Å². The zero-order valence-corrected chi connectivity index (χ0v) is 19.0. The van der Waals surface area contributed by atoms with Crippen LogP contribution in [0.2, 0.25) is 0 Å². The van der Waals surface area contributed by atoms with Gasteiger partial charge in [-0.3, -0.25) is 0 Å². The highest BCUT2D eigenvalue weighted by Crippen LogP contribution is 2.48. The molecule has 2 nitrogen and oxygen atoms in total. The Morgan fingerprint density at radius 3 is 1.07 bits per heavy atom. The SMILES string of the molecule is CC(C)(C)C(c1ccc(O)cc1)c1ccccc1C(c1ccc(O)cc1)C(C)(C)C. The molecule has 3 aromatic rings. The molecule has 2 N–H and O–H groups in total. The van der Waals surface area contributed by atoms with Gasteiger partial charge in [-0.05, 0) is 57.3 Å². The third kappa shape index (κ3) is 4.70. The van der Waals surface area contributed by atoms with E-state index in [4.69, 9.17) is 0 Å². The van der Waals surface area contributed by atoms with Crippen LogP contribution in [-0.4, -0.2) is 10.2 Å². The molecule has 0 aliphatic carbocycles. The van der Waals surface area contributed by atoms with Gasteiger partial charge in [0.25, 0.3) is 0 Å². The fourth-order valence-corrected chi connectivity index (χ4v) is 4.66. The molecule has 2 heteroatoms. The van der Waals surface area contributed by atoms with E-state index in [1.165, 1.54) is 22.3 Å². The molecule has 30 heavy (non-hydrogen) atoms. The second-order valence-electron chi connectivity index (χ2n) is 10.4. The van der Waals surface area contributed by atoms with Gasteiger partial charge in [0.15, 0.2) is 0 Å². The van der Waals surface area contributed by atoms with Crippen LogP contribution in [0, 0.1) is 10.8 Å². The van der Waals surface area contributed by atoms with Crippen molar-refractivity contribution in [3.8, 4) is 11.5 Å². The van der Waals surface area contributed by atoms with E-state index in [0.29, 0.717) is 0 Å². The van der Waals surface area contributed by atoms with Crippen LogP contribution in [0.15, 0.2) is 72.8 Å². The van der Waals surface area contributed by atoms with E-state index in [1.54, 1.807) is 24.3 Å². The molecule has 0 radical (unpaired) electrons. The molecule has 2 unspecified atom stereocenters. The average Bonchev–Trinajstić information content (AvgIpc) is 2.64. The lowest BCUT2D eigenvalue weighted by Crippen LogP contribution is -2.25. The summed E-state index contributed by atoms with van der Waals surface area (Å²) in [5.41, 5.74) is 5.00. The highest BCUT2D eigenvalue weighted by atomic mass is 16.3. The van der Waals surface area contributed by atoms with Gasteiger partial charge in [-0.15, -0.1) is 0 Å². The number of hydrogen-bond acceptors (Lipinski definition) is 2. The van der Waals surface area contributed by atoms with Crippen molar-refractivity contribution in [2.24, 2.45) is 10.8 Å². The molecule has 3 aromatic carbocycles. The normalized spacial score (nSPS) is 14.3. The molecule has 0 aliphatic heterocycles. The van der Waals surface area contributed by atoms with E-state index in [9.17, 15) is 10.2 Å². The van der Waals surface area contributed by atoms with Crippen molar-refractivity contribution < 1.29 is 10.2 Å². The minimum atomic E-state index is -0.00946. The predicted molar refractivity (Wildman–Crippen MR) is 125 cm³/mol. The molecule has 3 rings (SSSR count). The van der Waals surface area contributed by atoms with Crippen LogP contribution in [0.4, 0.5) is 0 Å². The first kappa shape index (κ1) is 22.0. The summed E-state index contributed by atoms with van der Waals surface area (Å²) >= 11 is 0. The molecule has 0 amide bonds. The van der Waals surface area contributed by atoms with Crippen molar-refractivity contribution in [2.75, 3.05) is 0 Å². The summed E-state index contributed by atoms with van der Waals surface area (Å²) in [6.45, 7) is 13.6. The van der Waals surface area contributed by atoms with Crippen LogP contribution in [0.5, 0.6) is 11.5 Å². The molecule has 0 aromatic heterocycles. The molecule has 158 valence electrons. The monoisotopic (exact) mass is 402 g/mol. The van der Waals surface area contributed by atoms with Crippen LogP contribution in [-0.2, 0) is 0 Å². The molecule has 0 fully saturated rings. The van der Waals surface area contributed by atoms with Gasteiger partial charge in [-0.1, -0.05) is 90.1 Å². The Balaban J connectivity index is 2.23. The quantitative estimate of drug-likeness (QED) is 0.475. The minimum Gasteiger partial charge on any atom is -0.508 e. The topological polar surface area (TPSA) is 40.5 Å². The molecule has 0 bridgehead atoms. The summed E-state index contributed by atoms with van der Waals surface area (Å²) in [4.78, 5) is 0. The van der Waals surface area contributed by atoms with Gasteiger partial charge in [0.2, 0.25) is 0 Å². The van der Waals surface area contributed by atoms with E-state index in [1.807, 2.05) is 24.3 Å². The first-order valence-corrected chi connectivity index (χ1v) is 10.6. The lowest BCUT2D eigenvalue weighted by Gasteiger charge is -2.38. The molecular weight excluding hydrogens is 368 g/mol. The molecular formula is C28H34O2. The molecule has 0 aliphatic rings. The van der Waals surface area contributed by atoms with E-state index in [0.717, 1.165) is 0 Å². The average molecular weight is 403 g/mol. The largest absolute Gasteiger partial charge is 0.508 e. The van der Waals surface area contributed by atoms with Crippen LogP contribution >= 0.6 is 0 Å². The Kier molecular flexibility index (Phi) is 5.99. The van der Waals surface area contributed by atoms with E-state index < -0.39 is 0 Å². The van der Waals surface area contributed by atoms with Gasteiger partial charge in [0.1, 0.15) is 11.5 Å². The molecule has 0 saturated heterocycles. The molecule has 0 saturated carbocycles. The van der Waals surface area contributed by atoms with E-state index in [2.05, 4.69) is 65.8 Å². The van der Waals surface area contributed by atoms with Crippen molar-refractivity contribution in [1.29, 1.82) is 0 Å². The summed E-state index contributed by atoms with van der Waals surface area (Å²) in [5, 5.41) is 19.6.